The van der Waals surface area contributed by atoms with Gasteiger partial charge in [-0.1, -0.05) is 24.3 Å². The van der Waals surface area contributed by atoms with Gasteiger partial charge in [-0.15, -0.1) is 0 Å². The molecule has 5 N–H and O–H groups in total. The van der Waals surface area contributed by atoms with Crippen molar-refractivity contribution in [1.82, 2.24) is 9.69 Å². The highest BCUT2D eigenvalue weighted by Crippen LogP contribution is 2.35. The van der Waals surface area contributed by atoms with Crippen LogP contribution in [-0.4, -0.2) is 55.4 Å². The van der Waals surface area contributed by atoms with E-state index in [0.29, 0.717) is 23.7 Å². The van der Waals surface area contributed by atoms with Gasteiger partial charge in [0.15, 0.2) is 5.69 Å². The van der Waals surface area contributed by atoms with E-state index < -0.39 is 29.6 Å². The summed E-state index contributed by atoms with van der Waals surface area (Å²) >= 11 is 0.658. The number of aromatic nitrogens is 1. The van der Waals surface area contributed by atoms with Crippen molar-refractivity contribution in [2.24, 2.45) is 5.73 Å². The van der Waals surface area contributed by atoms with Crippen molar-refractivity contribution >= 4 is 46.3 Å². The van der Waals surface area contributed by atoms with Gasteiger partial charge in [0.25, 0.3) is 11.8 Å². The Bertz CT molecular complexity index is 1320. The van der Waals surface area contributed by atoms with Crippen LogP contribution < -0.4 is 26.6 Å². The predicted octanol–water partition coefficient (Wildman–Crippen LogP) is 2.71. The van der Waals surface area contributed by atoms with E-state index in [0.717, 1.165) is 23.4 Å². The van der Waals surface area contributed by atoms with Gasteiger partial charge in [0.1, 0.15) is 16.7 Å². The van der Waals surface area contributed by atoms with Gasteiger partial charge in [0.05, 0.1) is 17.5 Å². The van der Waals surface area contributed by atoms with E-state index in [1.165, 1.54) is 18.2 Å². The lowest BCUT2D eigenvalue weighted by atomic mass is 10.0. The van der Waals surface area contributed by atoms with E-state index in [1.54, 1.807) is 30.3 Å². The van der Waals surface area contributed by atoms with Crippen LogP contribution in [0.15, 0.2) is 48.5 Å². The molecule has 2 aromatic carbocycles. The first kappa shape index (κ1) is 27.0. The monoisotopic (exact) mass is 540 g/mol. The van der Waals surface area contributed by atoms with E-state index in [4.69, 9.17) is 16.2 Å². The molecule has 10 nitrogen and oxygen atoms in total. The van der Waals surface area contributed by atoms with Crippen LogP contribution in [0.25, 0.3) is 0 Å². The minimum absolute atomic E-state index is 0.135. The van der Waals surface area contributed by atoms with Gasteiger partial charge in [-0.05, 0) is 54.2 Å². The number of nitrogen functional groups attached to an aromatic ring is 1. The number of hydrogen-bond acceptors (Lipinski definition) is 8. The molecule has 1 aliphatic rings. The lowest BCUT2D eigenvalue weighted by molar-refractivity contribution is -0.123. The molecule has 3 amide bonds. The maximum Gasteiger partial charge on any atom is 0.273 e. The van der Waals surface area contributed by atoms with Crippen LogP contribution in [0, 0.1) is 5.82 Å². The Morgan fingerprint density at radius 2 is 1.89 bits per heavy atom. The number of ether oxygens (including phenoxy) is 1. The first-order valence-electron chi connectivity index (χ1n) is 12.0. The van der Waals surface area contributed by atoms with Crippen LogP contribution in [0.3, 0.4) is 0 Å². The van der Waals surface area contributed by atoms with Gasteiger partial charge in [-0.3, -0.25) is 19.3 Å². The molecule has 38 heavy (non-hydrogen) atoms. The smallest absolute Gasteiger partial charge is 0.273 e. The van der Waals surface area contributed by atoms with E-state index in [9.17, 15) is 14.4 Å². The van der Waals surface area contributed by atoms with Crippen molar-refractivity contribution in [3.05, 3.63) is 70.5 Å². The van der Waals surface area contributed by atoms with Crippen LogP contribution in [0.1, 0.15) is 44.6 Å². The number of amides is 3. The van der Waals surface area contributed by atoms with Crippen LogP contribution in [-0.2, 0) is 9.53 Å². The number of carbonyl (C=O) groups is 3. The molecular formula is C26H29FN6O4S. The number of anilines is 3. The number of nitrogens with one attached hydrogen (secondary N) is 1. The predicted molar refractivity (Wildman–Crippen MR) is 144 cm³/mol. The van der Waals surface area contributed by atoms with Gasteiger partial charge in [0, 0.05) is 32.9 Å². The molecule has 1 saturated heterocycles. The van der Waals surface area contributed by atoms with E-state index in [-0.39, 0.29) is 34.6 Å². The Morgan fingerprint density at radius 3 is 2.47 bits per heavy atom. The van der Waals surface area contributed by atoms with Crippen LogP contribution >= 0.6 is 11.5 Å². The lowest BCUT2D eigenvalue weighted by Gasteiger charge is -2.32. The molecule has 12 heteroatoms. The number of nitrogens with two attached hydrogens (primary N) is 2. The normalized spacial score (nSPS) is 15.6. The van der Waals surface area contributed by atoms with Crippen LogP contribution in [0.2, 0.25) is 0 Å². The third kappa shape index (κ3) is 5.60. The zero-order chi connectivity index (χ0) is 27.4. The molecule has 1 aromatic heterocycles. The molecule has 2 atom stereocenters. The maximum atomic E-state index is 15.2. The highest BCUT2D eigenvalue weighted by atomic mass is 32.1. The summed E-state index contributed by atoms with van der Waals surface area (Å²) in [6, 6.07) is 11.3. The van der Waals surface area contributed by atoms with Crippen LogP contribution in [0.4, 0.5) is 21.5 Å². The van der Waals surface area contributed by atoms with E-state index >= 15 is 4.39 Å². The standard InChI is InChI=1S/C26H29FN6O4S/c1-32(2)16-11-9-15(10-12-16)22(25(35)30-14-17-6-5-13-37-17)33(19-8-4-3-7-18(19)27)26(36)23-20(28)21(24(29)34)31-38-23/h3-4,7-12,17,22H,5-6,13-14,28H2,1-2H3,(H2,29,34)(H,30,35). The summed E-state index contributed by atoms with van der Waals surface area (Å²) in [4.78, 5) is 42.3. The molecular weight excluding hydrogens is 511 g/mol. The topological polar surface area (TPSA) is 144 Å². The first-order valence-corrected chi connectivity index (χ1v) is 12.8. The fourth-order valence-electron chi connectivity index (χ4n) is 4.24. The Morgan fingerprint density at radius 1 is 1.18 bits per heavy atom. The zero-order valence-electron chi connectivity index (χ0n) is 21.0. The third-order valence-electron chi connectivity index (χ3n) is 6.25. The minimum Gasteiger partial charge on any atom is -0.395 e. The largest absolute Gasteiger partial charge is 0.395 e. The van der Waals surface area contributed by atoms with Crippen molar-refractivity contribution in [2.45, 2.75) is 25.0 Å². The molecule has 2 heterocycles. The molecule has 0 aliphatic carbocycles. The third-order valence-corrected chi connectivity index (χ3v) is 7.10. The minimum atomic E-state index is -1.28. The molecule has 1 aliphatic heterocycles. The van der Waals surface area contributed by atoms with Gasteiger partial charge >= 0.3 is 0 Å². The lowest BCUT2D eigenvalue weighted by Crippen LogP contribution is -2.46. The molecule has 3 aromatic rings. The average Bonchev–Trinajstić information content (AvgIpc) is 3.56. The molecule has 2 unspecified atom stereocenters. The Kier molecular flexibility index (Phi) is 8.23. The van der Waals surface area contributed by atoms with Crippen molar-refractivity contribution in [3.8, 4) is 0 Å². The second-order valence-electron chi connectivity index (χ2n) is 9.03. The van der Waals surface area contributed by atoms with Crippen molar-refractivity contribution < 1.29 is 23.5 Å². The van der Waals surface area contributed by atoms with Gasteiger partial charge < -0.3 is 26.4 Å². The van der Waals surface area contributed by atoms with Crippen LogP contribution in [0.5, 0.6) is 0 Å². The quantitative estimate of drug-likeness (QED) is 0.379. The van der Waals surface area contributed by atoms with E-state index in [2.05, 4.69) is 9.69 Å². The number of carbonyl (C=O) groups excluding carboxylic acids is 3. The summed E-state index contributed by atoms with van der Waals surface area (Å²) in [5.74, 6) is -2.96. The number of primary amides is 1. The second kappa shape index (κ2) is 11.6. The number of hydrogen-bond donors (Lipinski definition) is 3. The number of rotatable bonds is 9. The summed E-state index contributed by atoms with van der Waals surface area (Å²) in [5, 5.41) is 2.87. The molecule has 0 radical (unpaired) electrons. The SMILES string of the molecule is CN(C)c1ccc(C(C(=O)NCC2CCCO2)N(C(=O)c2snc(C(N)=O)c2N)c2ccccc2F)cc1. The summed E-state index contributed by atoms with van der Waals surface area (Å²) in [6.45, 7) is 0.849. The number of benzene rings is 2. The fourth-order valence-corrected chi connectivity index (χ4v) is 4.98. The molecule has 1 fully saturated rings. The van der Waals surface area contributed by atoms with Crippen molar-refractivity contribution in [3.63, 3.8) is 0 Å². The van der Waals surface area contributed by atoms with Gasteiger partial charge in [-0.2, -0.15) is 4.37 Å². The van der Waals surface area contributed by atoms with Gasteiger partial charge in [0.2, 0.25) is 5.91 Å². The number of nitrogens with zero attached hydrogens (tertiary/aromatic N) is 3. The van der Waals surface area contributed by atoms with Gasteiger partial charge in [-0.25, -0.2) is 4.39 Å². The molecule has 0 saturated carbocycles. The first-order chi connectivity index (χ1) is 18.2. The zero-order valence-corrected chi connectivity index (χ0v) is 21.8. The molecule has 0 spiro atoms. The summed E-state index contributed by atoms with van der Waals surface area (Å²) in [5.41, 5.74) is 12.1. The Labute approximate surface area is 223 Å². The molecule has 0 bridgehead atoms. The molecule has 4 rings (SSSR count). The maximum absolute atomic E-state index is 15.2. The molecule has 200 valence electrons. The highest BCUT2D eigenvalue weighted by Gasteiger charge is 2.37. The highest BCUT2D eigenvalue weighted by molar-refractivity contribution is 7.09. The number of halogens is 1. The average molecular weight is 541 g/mol. The van der Waals surface area contributed by atoms with E-state index in [1.807, 2.05) is 19.0 Å². The van der Waals surface area contributed by atoms with Crippen molar-refractivity contribution in [2.75, 3.05) is 42.8 Å². The summed E-state index contributed by atoms with van der Waals surface area (Å²) < 4.78 is 24.8. The Balaban J connectivity index is 1.83. The summed E-state index contributed by atoms with van der Waals surface area (Å²) in [7, 11) is 3.75. The summed E-state index contributed by atoms with van der Waals surface area (Å²) in [6.07, 6.45) is 1.54. The Hall–Kier alpha value is -4.03. The fraction of sp³-hybridized carbons (Fsp3) is 0.308. The number of para-hydroxylation sites is 1. The second-order valence-corrected chi connectivity index (χ2v) is 9.81. The van der Waals surface area contributed by atoms with Crippen molar-refractivity contribution in [1.29, 1.82) is 0 Å².